The monoisotopic (exact) mass is 395 g/mol. The van der Waals surface area contributed by atoms with Crippen molar-refractivity contribution in [1.29, 1.82) is 0 Å². The predicted octanol–water partition coefficient (Wildman–Crippen LogP) is 6.18. The van der Waals surface area contributed by atoms with E-state index in [0.717, 1.165) is 24.1 Å². The quantitative estimate of drug-likeness (QED) is 0.337. The van der Waals surface area contributed by atoms with Crippen molar-refractivity contribution >= 4 is 17.6 Å². The number of ether oxygens (including phenoxy) is 1. The summed E-state index contributed by atoms with van der Waals surface area (Å²) < 4.78 is 5.45. The lowest BCUT2D eigenvalue weighted by molar-refractivity contribution is 0.0494. The maximum absolute atomic E-state index is 13.2. The van der Waals surface area contributed by atoms with E-state index >= 15 is 0 Å². The molecule has 0 saturated carbocycles. The number of esters is 1. The highest BCUT2D eigenvalue weighted by Gasteiger charge is 2.22. The molecule has 0 aliphatic carbocycles. The highest BCUT2D eigenvalue weighted by Crippen LogP contribution is 2.21. The summed E-state index contributed by atoms with van der Waals surface area (Å²) in [6.45, 7) is 7.03. The molecule has 2 aromatic rings. The first-order valence-electron chi connectivity index (χ1n) is 10.7. The van der Waals surface area contributed by atoms with Gasteiger partial charge in [0.25, 0.3) is 5.91 Å². The smallest absolute Gasteiger partial charge is 0.338 e. The summed E-state index contributed by atoms with van der Waals surface area (Å²) in [5.41, 5.74) is 2.62. The van der Waals surface area contributed by atoms with Crippen molar-refractivity contribution in [2.24, 2.45) is 0 Å². The van der Waals surface area contributed by atoms with E-state index in [0.29, 0.717) is 24.3 Å². The minimum atomic E-state index is -0.428. The van der Waals surface area contributed by atoms with Crippen molar-refractivity contribution in [3.8, 4) is 0 Å². The van der Waals surface area contributed by atoms with Gasteiger partial charge in [-0.3, -0.25) is 4.79 Å². The van der Waals surface area contributed by atoms with Gasteiger partial charge in [0.2, 0.25) is 0 Å². The SMILES string of the molecule is CCCCCCCCOC(=O)c1ccccc1C(=O)N(CC)c1cccc(C)c1. The van der Waals surface area contributed by atoms with Crippen molar-refractivity contribution in [3.05, 3.63) is 65.2 Å². The number of hydrogen-bond donors (Lipinski definition) is 0. The Hall–Kier alpha value is -2.62. The molecule has 0 heterocycles. The van der Waals surface area contributed by atoms with Gasteiger partial charge < -0.3 is 9.64 Å². The number of unbranched alkanes of at least 4 members (excludes halogenated alkanes) is 5. The first-order chi connectivity index (χ1) is 14.1. The normalized spacial score (nSPS) is 10.6. The third-order valence-corrected chi connectivity index (χ3v) is 4.98. The van der Waals surface area contributed by atoms with Crippen LogP contribution in [0.5, 0.6) is 0 Å². The third kappa shape index (κ3) is 6.74. The average Bonchev–Trinajstić information content (AvgIpc) is 2.73. The van der Waals surface area contributed by atoms with Crippen molar-refractivity contribution in [2.75, 3.05) is 18.1 Å². The number of carbonyl (C=O) groups excluding carboxylic acids is 2. The van der Waals surface area contributed by atoms with E-state index in [1.54, 1.807) is 29.2 Å². The molecule has 0 radical (unpaired) electrons. The number of carbonyl (C=O) groups is 2. The van der Waals surface area contributed by atoms with Crippen LogP contribution >= 0.6 is 0 Å². The van der Waals surface area contributed by atoms with Crippen molar-refractivity contribution in [2.45, 2.75) is 59.3 Å². The number of anilines is 1. The van der Waals surface area contributed by atoms with Gasteiger partial charge in [-0.2, -0.15) is 0 Å². The first-order valence-corrected chi connectivity index (χ1v) is 10.7. The molecule has 0 bridgehead atoms. The molecule has 0 spiro atoms. The van der Waals surface area contributed by atoms with Gasteiger partial charge in [0, 0.05) is 12.2 Å². The fourth-order valence-electron chi connectivity index (χ4n) is 3.36. The van der Waals surface area contributed by atoms with Crippen LogP contribution in [0.1, 0.15) is 78.7 Å². The Morgan fingerprint density at radius 3 is 2.24 bits per heavy atom. The second kappa shape index (κ2) is 12.1. The van der Waals surface area contributed by atoms with Gasteiger partial charge in [0.1, 0.15) is 0 Å². The second-order valence-corrected chi connectivity index (χ2v) is 7.34. The van der Waals surface area contributed by atoms with Crippen LogP contribution in [-0.2, 0) is 4.74 Å². The molecule has 0 aliphatic heterocycles. The largest absolute Gasteiger partial charge is 0.462 e. The fraction of sp³-hybridized carbons (Fsp3) is 0.440. The minimum Gasteiger partial charge on any atom is -0.462 e. The lowest BCUT2D eigenvalue weighted by atomic mass is 10.1. The summed E-state index contributed by atoms with van der Waals surface area (Å²) in [4.78, 5) is 27.5. The fourth-order valence-corrected chi connectivity index (χ4v) is 3.36. The van der Waals surface area contributed by atoms with Crippen molar-refractivity contribution < 1.29 is 14.3 Å². The van der Waals surface area contributed by atoms with Crippen molar-refractivity contribution in [1.82, 2.24) is 0 Å². The van der Waals surface area contributed by atoms with E-state index in [9.17, 15) is 9.59 Å². The molecule has 29 heavy (non-hydrogen) atoms. The number of amides is 1. The van der Waals surface area contributed by atoms with Gasteiger partial charge in [0.05, 0.1) is 17.7 Å². The van der Waals surface area contributed by atoms with Crippen molar-refractivity contribution in [3.63, 3.8) is 0 Å². The maximum Gasteiger partial charge on any atom is 0.338 e. The Labute approximate surface area is 174 Å². The molecule has 0 aromatic heterocycles. The van der Waals surface area contributed by atoms with Crippen LogP contribution in [0.25, 0.3) is 0 Å². The number of benzene rings is 2. The number of aryl methyl sites for hydroxylation is 1. The number of hydrogen-bond acceptors (Lipinski definition) is 3. The second-order valence-electron chi connectivity index (χ2n) is 7.34. The van der Waals surface area contributed by atoms with Gasteiger partial charge in [-0.1, -0.05) is 63.3 Å². The van der Waals surface area contributed by atoms with E-state index in [2.05, 4.69) is 6.92 Å². The molecule has 0 unspecified atom stereocenters. The summed E-state index contributed by atoms with van der Waals surface area (Å²) in [5.74, 6) is -0.618. The van der Waals surface area contributed by atoms with Gasteiger partial charge in [-0.15, -0.1) is 0 Å². The summed E-state index contributed by atoms with van der Waals surface area (Å²) in [5, 5.41) is 0. The van der Waals surface area contributed by atoms with Crippen LogP contribution < -0.4 is 4.90 Å². The molecule has 0 N–H and O–H groups in total. The molecule has 0 saturated heterocycles. The predicted molar refractivity (Wildman–Crippen MR) is 119 cm³/mol. The molecule has 0 aliphatic rings. The van der Waals surface area contributed by atoms with E-state index < -0.39 is 5.97 Å². The standard InChI is InChI=1S/C25H33NO3/c1-4-6-7-8-9-12-18-29-25(28)23-17-11-10-16-22(23)24(27)26(5-2)21-15-13-14-20(3)19-21/h10-11,13-17,19H,4-9,12,18H2,1-3H3. The summed E-state index contributed by atoms with van der Waals surface area (Å²) >= 11 is 0. The molecule has 2 rings (SSSR count). The Bertz CT molecular complexity index is 800. The Balaban J connectivity index is 2.05. The van der Waals surface area contributed by atoms with Crippen LogP contribution in [0, 0.1) is 6.92 Å². The number of nitrogens with zero attached hydrogens (tertiary/aromatic N) is 1. The Morgan fingerprint density at radius 1 is 0.862 bits per heavy atom. The molecule has 0 fully saturated rings. The zero-order valence-corrected chi connectivity index (χ0v) is 17.9. The lowest BCUT2D eigenvalue weighted by Gasteiger charge is -2.22. The van der Waals surface area contributed by atoms with Crippen LogP contribution in [0.3, 0.4) is 0 Å². The maximum atomic E-state index is 13.2. The topological polar surface area (TPSA) is 46.6 Å². The van der Waals surface area contributed by atoms with Gasteiger partial charge in [0.15, 0.2) is 0 Å². The minimum absolute atomic E-state index is 0.190. The van der Waals surface area contributed by atoms with E-state index in [4.69, 9.17) is 4.74 Å². The van der Waals surface area contributed by atoms with Crippen LogP contribution in [0.2, 0.25) is 0 Å². The Kier molecular flexibility index (Phi) is 9.42. The lowest BCUT2D eigenvalue weighted by Crippen LogP contribution is -2.32. The van der Waals surface area contributed by atoms with Gasteiger partial charge in [-0.05, 0) is 50.1 Å². The molecular weight excluding hydrogens is 362 g/mol. The highest BCUT2D eigenvalue weighted by molar-refractivity contribution is 6.12. The zero-order chi connectivity index (χ0) is 21.1. The van der Waals surface area contributed by atoms with Crippen LogP contribution in [-0.4, -0.2) is 25.0 Å². The average molecular weight is 396 g/mol. The van der Waals surface area contributed by atoms with Gasteiger partial charge >= 0.3 is 5.97 Å². The Morgan fingerprint density at radius 2 is 1.55 bits per heavy atom. The molecule has 2 aromatic carbocycles. The highest BCUT2D eigenvalue weighted by atomic mass is 16.5. The van der Waals surface area contributed by atoms with E-state index in [1.807, 2.05) is 38.1 Å². The summed E-state index contributed by atoms with van der Waals surface area (Å²) in [6, 6.07) is 14.7. The van der Waals surface area contributed by atoms with Crippen LogP contribution in [0.4, 0.5) is 5.69 Å². The molecule has 1 amide bonds. The van der Waals surface area contributed by atoms with Gasteiger partial charge in [-0.25, -0.2) is 4.79 Å². The molecule has 0 atom stereocenters. The number of rotatable bonds is 11. The van der Waals surface area contributed by atoms with E-state index in [-0.39, 0.29) is 5.91 Å². The summed E-state index contributed by atoms with van der Waals surface area (Å²) in [6.07, 6.45) is 6.79. The molecule has 4 nitrogen and oxygen atoms in total. The summed E-state index contributed by atoms with van der Waals surface area (Å²) in [7, 11) is 0. The van der Waals surface area contributed by atoms with Crippen LogP contribution in [0.15, 0.2) is 48.5 Å². The third-order valence-electron chi connectivity index (χ3n) is 4.98. The molecule has 4 heteroatoms. The van der Waals surface area contributed by atoms with E-state index in [1.165, 1.54) is 25.7 Å². The zero-order valence-electron chi connectivity index (χ0n) is 17.9. The molecular formula is C25H33NO3. The molecule has 156 valence electrons. The first kappa shape index (κ1) is 22.7.